The Bertz CT molecular complexity index is 1100. The average Bonchev–Trinajstić information content (AvgIpc) is 3.18. The van der Waals surface area contributed by atoms with Crippen molar-refractivity contribution in [2.45, 2.75) is 45.1 Å². The topological polar surface area (TPSA) is 92.8 Å². The van der Waals surface area contributed by atoms with E-state index in [0.29, 0.717) is 5.56 Å². The molecule has 35 heavy (non-hydrogen) atoms. The first-order valence-electron chi connectivity index (χ1n) is 11.3. The van der Waals surface area contributed by atoms with Crippen molar-refractivity contribution in [3.05, 3.63) is 71.0 Å². The number of benzene rings is 2. The van der Waals surface area contributed by atoms with Crippen molar-refractivity contribution >= 4 is 35.2 Å². The van der Waals surface area contributed by atoms with Gasteiger partial charge in [0.05, 0.1) is 12.5 Å². The van der Waals surface area contributed by atoms with Crippen LogP contribution in [0.15, 0.2) is 48.5 Å². The Kier molecular flexibility index (Phi) is 8.27. The molecule has 7 nitrogen and oxygen atoms in total. The second kappa shape index (κ2) is 11.0. The van der Waals surface area contributed by atoms with E-state index in [2.05, 4.69) is 26.2 Å². The van der Waals surface area contributed by atoms with Gasteiger partial charge in [0.15, 0.2) is 6.10 Å². The number of amides is 2. The third kappa shape index (κ3) is 6.66. The molecule has 9 heteroatoms. The Hall–Kier alpha value is -3.26. The van der Waals surface area contributed by atoms with E-state index in [1.165, 1.54) is 12.1 Å². The molecule has 2 aromatic carbocycles. The van der Waals surface area contributed by atoms with Gasteiger partial charge in [0.25, 0.3) is 5.91 Å². The highest BCUT2D eigenvalue weighted by molar-refractivity contribution is 6.18. The van der Waals surface area contributed by atoms with Crippen LogP contribution in [0.1, 0.15) is 59.9 Å². The largest absolute Gasteiger partial charge is 0.454 e. The fourth-order valence-electron chi connectivity index (χ4n) is 3.66. The summed E-state index contributed by atoms with van der Waals surface area (Å²) in [5.41, 5.74) is 4.10. The first kappa shape index (κ1) is 26.3. The molecule has 3 rings (SSSR count). The molecule has 1 fully saturated rings. The van der Waals surface area contributed by atoms with Gasteiger partial charge in [-0.2, -0.15) is 0 Å². The monoisotopic (exact) mass is 502 g/mol. The van der Waals surface area contributed by atoms with E-state index >= 15 is 0 Å². The molecule has 0 aromatic heterocycles. The number of halogens is 2. The van der Waals surface area contributed by atoms with Crippen LogP contribution in [0.2, 0.25) is 0 Å². The number of carbonyl (C=O) groups excluding carboxylic acids is 4. The summed E-state index contributed by atoms with van der Waals surface area (Å²) in [7, 11) is 0. The van der Waals surface area contributed by atoms with E-state index < -0.39 is 41.4 Å². The van der Waals surface area contributed by atoms with Crippen LogP contribution in [0.5, 0.6) is 0 Å². The summed E-state index contributed by atoms with van der Waals surface area (Å²) in [6, 6.07) is 12.0. The second-order valence-corrected chi connectivity index (χ2v) is 9.83. The zero-order valence-electron chi connectivity index (χ0n) is 19.8. The number of ketones is 1. The molecule has 0 bridgehead atoms. The first-order chi connectivity index (χ1) is 16.5. The molecule has 0 radical (unpaired) electrons. The number of carbonyl (C=O) groups is 4. The summed E-state index contributed by atoms with van der Waals surface area (Å²) in [6.45, 7) is 6.11. The van der Waals surface area contributed by atoms with Gasteiger partial charge in [0, 0.05) is 29.8 Å². The highest BCUT2D eigenvalue weighted by Crippen LogP contribution is 2.23. The summed E-state index contributed by atoms with van der Waals surface area (Å²) < 4.78 is 18.6. The summed E-state index contributed by atoms with van der Waals surface area (Å²) in [4.78, 5) is 50.5. The van der Waals surface area contributed by atoms with Gasteiger partial charge in [-0.15, -0.1) is 11.6 Å². The van der Waals surface area contributed by atoms with E-state index in [9.17, 15) is 23.6 Å². The number of Topliss-reactive ketones (excluding diaryl/α,β-unsaturated/α-hetero) is 1. The minimum Gasteiger partial charge on any atom is -0.454 e. The molecule has 1 aliphatic heterocycles. The van der Waals surface area contributed by atoms with Crippen molar-refractivity contribution in [3.8, 4) is 0 Å². The number of ether oxygens (including phenoxy) is 1. The molecule has 0 spiro atoms. The fraction of sp³-hybridized carbons (Fsp3) is 0.385. The molecule has 2 amide bonds. The van der Waals surface area contributed by atoms with Crippen LogP contribution in [-0.2, 0) is 19.7 Å². The molecule has 0 saturated carbocycles. The third-order valence-corrected chi connectivity index (χ3v) is 5.98. The number of hydrazine groups is 1. The molecule has 1 N–H and O–H groups in total. The lowest BCUT2D eigenvalue weighted by Crippen LogP contribution is -2.43. The number of alkyl halides is 1. The zero-order chi connectivity index (χ0) is 25.8. The SMILES string of the molecule is CC(C)(C)c1ccc(C(=O)NN2C[C@H](C(=O)O[C@@H](CCCl)C(=O)c3ccc(F)cc3)CC2=O)cc1. The number of hydrogen-bond donors (Lipinski definition) is 1. The van der Waals surface area contributed by atoms with Crippen molar-refractivity contribution in [2.75, 3.05) is 12.4 Å². The van der Waals surface area contributed by atoms with E-state index in [-0.39, 0.29) is 36.2 Å². The molecule has 186 valence electrons. The highest BCUT2D eigenvalue weighted by atomic mass is 35.5. The van der Waals surface area contributed by atoms with Crippen LogP contribution < -0.4 is 5.43 Å². The van der Waals surface area contributed by atoms with Gasteiger partial charge in [0.1, 0.15) is 5.82 Å². The summed E-state index contributed by atoms with van der Waals surface area (Å²) in [5.74, 6) is -3.45. The van der Waals surface area contributed by atoms with Crippen LogP contribution in [-0.4, -0.2) is 47.1 Å². The Morgan fingerprint density at radius 2 is 1.69 bits per heavy atom. The predicted octanol–water partition coefficient (Wildman–Crippen LogP) is 4.04. The normalized spacial score (nSPS) is 16.7. The maximum Gasteiger partial charge on any atom is 0.312 e. The maximum absolute atomic E-state index is 13.2. The summed E-state index contributed by atoms with van der Waals surface area (Å²) in [5, 5.41) is 1.09. The number of hydrogen-bond acceptors (Lipinski definition) is 5. The lowest BCUT2D eigenvalue weighted by molar-refractivity contribution is -0.151. The molecule has 2 aromatic rings. The van der Waals surface area contributed by atoms with Gasteiger partial charge in [-0.3, -0.25) is 29.6 Å². The highest BCUT2D eigenvalue weighted by Gasteiger charge is 2.38. The fourth-order valence-corrected chi connectivity index (χ4v) is 3.86. The molecule has 1 heterocycles. The average molecular weight is 503 g/mol. The molecule has 2 atom stereocenters. The van der Waals surface area contributed by atoms with Crippen LogP contribution in [0.3, 0.4) is 0 Å². The lowest BCUT2D eigenvalue weighted by Gasteiger charge is -2.21. The van der Waals surface area contributed by atoms with Gasteiger partial charge in [-0.1, -0.05) is 32.9 Å². The Morgan fingerprint density at radius 3 is 2.26 bits per heavy atom. The number of nitrogens with one attached hydrogen (secondary N) is 1. The van der Waals surface area contributed by atoms with Gasteiger partial charge in [-0.05, 0) is 47.4 Å². The molecule has 1 aliphatic rings. The first-order valence-corrected chi connectivity index (χ1v) is 11.8. The smallest absolute Gasteiger partial charge is 0.312 e. The minimum atomic E-state index is -1.16. The number of rotatable bonds is 8. The minimum absolute atomic E-state index is 0.0602. The number of esters is 1. The van der Waals surface area contributed by atoms with Crippen LogP contribution in [0, 0.1) is 11.7 Å². The Morgan fingerprint density at radius 1 is 1.09 bits per heavy atom. The van der Waals surface area contributed by atoms with Crippen molar-refractivity contribution in [1.82, 2.24) is 10.4 Å². The van der Waals surface area contributed by atoms with Crippen LogP contribution in [0.4, 0.5) is 4.39 Å². The van der Waals surface area contributed by atoms with Gasteiger partial charge >= 0.3 is 5.97 Å². The number of nitrogens with zero attached hydrogens (tertiary/aromatic N) is 1. The van der Waals surface area contributed by atoms with E-state index in [0.717, 1.165) is 22.7 Å². The van der Waals surface area contributed by atoms with Crippen molar-refractivity contribution in [3.63, 3.8) is 0 Å². The van der Waals surface area contributed by atoms with Crippen LogP contribution in [0.25, 0.3) is 0 Å². The molecule has 1 saturated heterocycles. The standard InChI is InChI=1S/C26H28ClFN2O5/c1-26(2,3)19-8-4-17(5-9-19)24(33)29-30-15-18(14-22(30)31)25(34)35-21(12-13-27)23(32)16-6-10-20(28)11-7-16/h4-11,18,21H,12-15H2,1-3H3,(H,29,33)/t18-,21+/m1/s1. The zero-order valence-corrected chi connectivity index (χ0v) is 20.6. The van der Waals surface area contributed by atoms with Gasteiger partial charge in [-0.25, -0.2) is 4.39 Å². The summed E-state index contributed by atoms with van der Waals surface area (Å²) in [6.07, 6.45) is -1.26. The second-order valence-electron chi connectivity index (χ2n) is 9.45. The van der Waals surface area contributed by atoms with E-state index in [4.69, 9.17) is 16.3 Å². The maximum atomic E-state index is 13.2. The lowest BCUT2D eigenvalue weighted by atomic mass is 9.87. The van der Waals surface area contributed by atoms with Gasteiger partial charge in [0.2, 0.25) is 11.7 Å². The predicted molar refractivity (Wildman–Crippen MR) is 128 cm³/mol. The van der Waals surface area contributed by atoms with Crippen molar-refractivity contribution in [2.24, 2.45) is 5.92 Å². The van der Waals surface area contributed by atoms with Gasteiger partial charge < -0.3 is 4.74 Å². The molecule has 0 unspecified atom stereocenters. The Balaban J connectivity index is 1.61. The molecular weight excluding hydrogens is 475 g/mol. The molecular formula is C26H28ClFN2O5. The van der Waals surface area contributed by atoms with E-state index in [1.807, 2.05) is 12.1 Å². The third-order valence-electron chi connectivity index (χ3n) is 5.76. The van der Waals surface area contributed by atoms with Crippen molar-refractivity contribution in [1.29, 1.82) is 0 Å². The van der Waals surface area contributed by atoms with Crippen molar-refractivity contribution < 1.29 is 28.3 Å². The summed E-state index contributed by atoms with van der Waals surface area (Å²) >= 11 is 5.78. The van der Waals surface area contributed by atoms with Crippen LogP contribution >= 0.6 is 11.6 Å². The Labute approximate surface area is 208 Å². The molecule has 0 aliphatic carbocycles. The van der Waals surface area contributed by atoms with E-state index in [1.54, 1.807) is 12.1 Å². The quantitative estimate of drug-likeness (QED) is 0.334.